The molecule has 0 aliphatic heterocycles. The van der Waals surface area contributed by atoms with Gasteiger partial charge < -0.3 is 10.2 Å². The fourth-order valence-corrected chi connectivity index (χ4v) is 2.57. The maximum absolute atomic E-state index is 12.2. The quantitative estimate of drug-likeness (QED) is 0.917. The molecule has 0 saturated carbocycles. The van der Waals surface area contributed by atoms with Crippen molar-refractivity contribution in [3.63, 3.8) is 0 Å². The molecule has 0 bridgehead atoms. The van der Waals surface area contributed by atoms with Crippen LogP contribution in [0, 0.1) is 11.3 Å². The maximum atomic E-state index is 12.2. The number of rotatable bonds is 5. The molecule has 2 aromatic carbocycles. The molecule has 2 aromatic rings. The minimum Gasteiger partial charge on any atom is -0.350 e. The van der Waals surface area contributed by atoms with Gasteiger partial charge in [-0.25, -0.2) is 0 Å². The van der Waals surface area contributed by atoms with E-state index in [4.69, 9.17) is 16.9 Å². The van der Waals surface area contributed by atoms with E-state index in [-0.39, 0.29) is 11.9 Å². The molecule has 118 valence electrons. The van der Waals surface area contributed by atoms with E-state index in [0.29, 0.717) is 22.7 Å². The number of carbonyl (C=O) groups excluding carboxylic acids is 1. The summed E-state index contributed by atoms with van der Waals surface area (Å²) in [4.78, 5) is 14.3. The van der Waals surface area contributed by atoms with Crippen LogP contribution in [0.25, 0.3) is 0 Å². The van der Waals surface area contributed by atoms with Gasteiger partial charge in [0.15, 0.2) is 0 Å². The molecule has 0 heterocycles. The summed E-state index contributed by atoms with van der Waals surface area (Å²) in [6.45, 7) is 0.440. The van der Waals surface area contributed by atoms with E-state index < -0.39 is 0 Å². The van der Waals surface area contributed by atoms with Gasteiger partial charge in [0.1, 0.15) is 0 Å². The van der Waals surface area contributed by atoms with Crippen LogP contribution in [-0.2, 0) is 0 Å². The average molecular weight is 328 g/mol. The molecule has 1 unspecified atom stereocenters. The second-order valence-corrected chi connectivity index (χ2v) is 5.81. The minimum atomic E-state index is -0.173. The Bertz CT molecular complexity index is 720. The first-order chi connectivity index (χ1) is 11.0. The van der Waals surface area contributed by atoms with Gasteiger partial charge in [0.2, 0.25) is 0 Å². The SMILES string of the molecule is CN(C)C(CNC(=O)c1ccc(C#N)cc1)c1ccccc1Cl. The molecule has 0 spiro atoms. The summed E-state index contributed by atoms with van der Waals surface area (Å²) in [5, 5.41) is 12.4. The average Bonchev–Trinajstić information content (AvgIpc) is 2.56. The van der Waals surface area contributed by atoms with E-state index in [1.54, 1.807) is 24.3 Å². The van der Waals surface area contributed by atoms with Crippen LogP contribution >= 0.6 is 11.6 Å². The lowest BCUT2D eigenvalue weighted by Crippen LogP contribution is -2.34. The molecule has 0 aromatic heterocycles. The summed E-state index contributed by atoms with van der Waals surface area (Å²) < 4.78 is 0. The molecule has 0 aliphatic rings. The van der Waals surface area contributed by atoms with Crippen LogP contribution in [0.3, 0.4) is 0 Å². The molecule has 0 fully saturated rings. The summed E-state index contributed by atoms with van der Waals surface area (Å²) in [5.74, 6) is -0.173. The number of nitriles is 1. The molecule has 1 atom stereocenters. The van der Waals surface area contributed by atoms with Crippen LogP contribution in [-0.4, -0.2) is 31.4 Å². The number of hydrogen-bond donors (Lipinski definition) is 1. The fraction of sp³-hybridized carbons (Fsp3) is 0.222. The smallest absolute Gasteiger partial charge is 0.251 e. The summed E-state index contributed by atoms with van der Waals surface area (Å²) >= 11 is 6.26. The number of halogens is 1. The molecule has 23 heavy (non-hydrogen) atoms. The predicted octanol–water partition coefficient (Wildman–Crippen LogP) is 3.24. The number of benzene rings is 2. The predicted molar refractivity (Wildman–Crippen MR) is 91.4 cm³/mol. The van der Waals surface area contributed by atoms with Gasteiger partial charge in [-0.3, -0.25) is 4.79 Å². The molecule has 2 rings (SSSR count). The van der Waals surface area contributed by atoms with Gasteiger partial charge in [-0.05, 0) is 50.0 Å². The van der Waals surface area contributed by atoms with Crippen LogP contribution in [0.2, 0.25) is 5.02 Å². The van der Waals surface area contributed by atoms with Crippen molar-refractivity contribution in [2.75, 3.05) is 20.6 Å². The zero-order valence-corrected chi connectivity index (χ0v) is 13.8. The van der Waals surface area contributed by atoms with Crippen molar-refractivity contribution in [1.29, 1.82) is 5.26 Å². The van der Waals surface area contributed by atoms with Crippen molar-refractivity contribution in [2.45, 2.75) is 6.04 Å². The third-order valence-corrected chi connectivity index (χ3v) is 3.96. The summed E-state index contributed by atoms with van der Waals surface area (Å²) in [5.41, 5.74) is 2.03. The Balaban J connectivity index is 2.08. The molecule has 5 heteroatoms. The van der Waals surface area contributed by atoms with Crippen LogP contribution in [0.15, 0.2) is 48.5 Å². The summed E-state index contributed by atoms with van der Waals surface area (Å²) in [6, 6.07) is 16.2. The summed E-state index contributed by atoms with van der Waals surface area (Å²) in [7, 11) is 3.89. The molecular weight excluding hydrogens is 310 g/mol. The highest BCUT2D eigenvalue weighted by Crippen LogP contribution is 2.25. The van der Waals surface area contributed by atoms with Crippen molar-refractivity contribution in [3.8, 4) is 6.07 Å². The number of carbonyl (C=O) groups is 1. The van der Waals surface area contributed by atoms with E-state index >= 15 is 0 Å². The van der Waals surface area contributed by atoms with Crippen molar-refractivity contribution >= 4 is 17.5 Å². The number of amides is 1. The fourth-order valence-electron chi connectivity index (χ4n) is 2.30. The van der Waals surface area contributed by atoms with Gasteiger partial charge >= 0.3 is 0 Å². The Kier molecular flexibility index (Phi) is 5.75. The molecule has 0 radical (unpaired) electrons. The lowest BCUT2D eigenvalue weighted by atomic mass is 10.1. The highest BCUT2D eigenvalue weighted by Gasteiger charge is 2.18. The van der Waals surface area contributed by atoms with E-state index in [1.165, 1.54) is 0 Å². The Morgan fingerprint density at radius 1 is 1.22 bits per heavy atom. The van der Waals surface area contributed by atoms with E-state index in [0.717, 1.165) is 5.56 Å². The number of likely N-dealkylation sites (N-methyl/N-ethyl adjacent to an activating group) is 1. The zero-order chi connectivity index (χ0) is 16.8. The molecule has 4 nitrogen and oxygen atoms in total. The molecule has 0 aliphatic carbocycles. The summed E-state index contributed by atoms with van der Waals surface area (Å²) in [6.07, 6.45) is 0. The van der Waals surface area contributed by atoms with Gasteiger partial charge in [-0.1, -0.05) is 29.8 Å². The lowest BCUT2D eigenvalue weighted by molar-refractivity contribution is 0.0942. The van der Waals surface area contributed by atoms with E-state index in [1.807, 2.05) is 49.3 Å². The first-order valence-corrected chi connectivity index (χ1v) is 7.60. The van der Waals surface area contributed by atoms with Crippen molar-refractivity contribution < 1.29 is 4.79 Å². The Labute approximate surface area is 141 Å². The van der Waals surface area contributed by atoms with Crippen LogP contribution in [0.1, 0.15) is 27.5 Å². The van der Waals surface area contributed by atoms with Crippen molar-refractivity contribution in [1.82, 2.24) is 10.2 Å². The van der Waals surface area contributed by atoms with Gasteiger partial charge in [0.05, 0.1) is 17.7 Å². The highest BCUT2D eigenvalue weighted by molar-refractivity contribution is 6.31. The molecule has 1 amide bonds. The van der Waals surface area contributed by atoms with Gasteiger partial charge in [0.25, 0.3) is 5.91 Å². The topological polar surface area (TPSA) is 56.1 Å². The largest absolute Gasteiger partial charge is 0.350 e. The normalized spacial score (nSPS) is 11.8. The van der Waals surface area contributed by atoms with Gasteiger partial charge in [0, 0.05) is 17.1 Å². The van der Waals surface area contributed by atoms with E-state index in [9.17, 15) is 4.79 Å². The Hall–Kier alpha value is -2.35. The van der Waals surface area contributed by atoms with Crippen LogP contribution < -0.4 is 5.32 Å². The Morgan fingerprint density at radius 3 is 2.43 bits per heavy atom. The van der Waals surface area contributed by atoms with Crippen molar-refractivity contribution in [3.05, 3.63) is 70.2 Å². The van der Waals surface area contributed by atoms with Gasteiger partial charge in [-0.2, -0.15) is 5.26 Å². The first kappa shape index (κ1) is 17.0. The Morgan fingerprint density at radius 2 is 1.87 bits per heavy atom. The third kappa shape index (κ3) is 4.32. The van der Waals surface area contributed by atoms with Gasteiger partial charge in [-0.15, -0.1) is 0 Å². The second-order valence-electron chi connectivity index (χ2n) is 5.40. The van der Waals surface area contributed by atoms with Crippen molar-refractivity contribution in [2.24, 2.45) is 0 Å². The molecule has 1 N–H and O–H groups in total. The number of hydrogen-bond acceptors (Lipinski definition) is 3. The highest BCUT2D eigenvalue weighted by atomic mass is 35.5. The third-order valence-electron chi connectivity index (χ3n) is 3.62. The minimum absolute atomic E-state index is 0.0222. The molecule has 0 saturated heterocycles. The van der Waals surface area contributed by atoms with Crippen LogP contribution in [0.5, 0.6) is 0 Å². The lowest BCUT2D eigenvalue weighted by Gasteiger charge is -2.26. The van der Waals surface area contributed by atoms with E-state index in [2.05, 4.69) is 5.32 Å². The number of nitrogens with one attached hydrogen (secondary N) is 1. The zero-order valence-electron chi connectivity index (χ0n) is 13.1. The molecular formula is C18H18ClN3O. The monoisotopic (exact) mass is 327 g/mol. The van der Waals surface area contributed by atoms with Crippen LogP contribution in [0.4, 0.5) is 0 Å². The maximum Gasteiger partial charge on any atom is 0.251 e. The second kappa shape index (κ2) is 7.77. The number of nitrogens with zero attached hydrogens (tertiary/aromatic N) is 2. The first-order valence-electron chi connectivity index (χ1n) is 7.22. The standard InChI is InChI=1S/C18H18ClN3O/c1-22(2)17(15-5-3-4-6-16(15)19)12-21-18(23)14-9-7-13(11-20)8-10-14/h3-10,17H,12H2,1-2H3,(H,21,23).